The molecule has 2 heteroatoms. The molecular formula is C32H26N2. The fourth-order valence-corrected chi connectivity index (χ4v) is 8.09. The number of hydrogen-bond acceptors (Lipinski definition) is 2. The Bertz CT molecular complexity index is 1270. The largest absolute Gasteiger partial charge is 0.185 e. The molecule has 2 heterocycles. The van der Waals surface area contributed by atoms with E-state index in [1.165, 1.54) is 33.4 Å². The number of nitrogens with zero attached hydrogens (tertiary/aromatic N) is 2. The van der Waals surface area contributed by atoms with Gasteiger partial charge in [-0.3, -0.25) is 0 Å². The molecule has 2 nitrogen and oxygen atoms in total. The van der Waals surface area contributed by atoms with E-state index in [4.69, 9.17) is 10.2 Å². The van der Waals surface area contributed by atoms with Crippen LogP contribution in [0.5, 0.6) is 0 Å². The Hall–Kier alpha value is -3.52. The average molecular weight is 439 g/mol. The fraction of sp³-hybridized carbons (Fsp3) is 0.250. The summed E-state index contributed by atoms with van der Waals surface area (Å²) < 4.78 is 0. The van der Waals surface area contributed by atoms with Gasteiger partial charge in [-0.1, -0.05) is 109 Å². The second kappa shape index (κ2) is 6.54. The van der Waals surface area contributed by atoms with Gasteiger partial charge < -0.3 is 0 Å². The molecule has 5 aliphatic rings. The number of rotatable bonds is 4. The van der Waals surface area contributed by atoms with E-state index in [1.807, 2.05) is 0 Å². The summed E-state index contributed by atoms with van der Waals surface area (Å²) in [5, 5.41) is 10.8. The molecule has 3 aliphatic carbocycles. The predicted molar refractivity (Wildman–Crippen MR) is 134 cm³/mol. The lowest BCUT2D eigenvalue weighted by atomic mass is 9.35. The van der Waals surface area contributed by atoms with Crippen LogP contribution < -0.4 is 0 Å². The molecular weight excluding hydrogens is 412 g/mol. The highest BCUT2D eigenvalue weighted by molar-refractivity contribution is 5.64. The first-order valence-corrected chi connectivity index (χ1v) is 12.5. The van der Waals surface area contributed by atoms with Gasteiger partial charge in [-0.15, -0.1) is 0 Å². The Balaban J connectivity index is 1.38. The summed E-state index contributed by atoms with van der Waals surface area (Å²) in [6, 6.07) is 40.2. The number of benzene rings is 4. The van der Waals surface area contributed by atoms with Crippen LogP contribution in [0.15, 0.2) is 119 Å². The Morgan fingerprint density at radius 2 is 0.706 bits per heavy atom. The highest BCUT2D eigenvalue weighted by Gasteiger charge is 2.76. The predicted octanol–water partition coefficient (Wildman–Crippen LogP) is 7.19. The molecule has 0 saturated heterocycles. The molecule has 9 rings (SSSR count). The van der Waals surface area contributed by atoms with Gasteiger partial charge in [0.2, 0.25) is 0 Å². The van der Waals surface area contributed by atoms with Crippen LogP contribution in [0.2, 0.25) is 0 Å². The van der Waals surface area contributed by atoms with Crippen LogP contribution in [0.1, 0.15) is 57.1 Å². The van der Waals surface area contributed by atoms with Crippen molar-refractivity contribution in [1.82, 2.24) is 0 Å². The van der Waals surface area contributed by atoms with Crippen molar-refractivity contribution in [2.45, 2.75) is 47.6 Å². The number of fused-ring (bicyclic) bond motifs is 2. The van der Waals surface area contributed by atoms with Crippen molar-refractivity contribution in [3.63, 3.8) is 0 Å². The summed E-state index contributed by atoms with van der Waals surface area (Å²) in [7, 11) is 0. The van der Waals surface area contributed by atoms with Crippen LogP contribution in [0.4, 0.5) is 0 Å². The fourth-order valence-electron chi connectivity index (χ4n) is 8.09. The van der Waals surface area contributed by atoms with Crippen molar-refractivity contribution in [2.24, 2.45) is 10.2 Å². The van der Waals surface area contributed by atoms with Crippen LogP contribution in [0, 0.1) is 0 Å². The van der Waals surface area contributed by atoms with E-state index in [2.05, 4.69) is 109 Å². The first-order valence-electron chi connectivity index (χ1n) is 12.5. The van der Waals surface area contributed by atoms with E-state index >= 15 is 0 Å². The molecule has 4 aromatic rings. The van der Waals surface area contributed by atoms with E-state index in [1.54, 1.807) is 0 Å². The monoisotopic (exact) mass is 438 g/mol. The molecule has 1 fully saturated rings. The van der Waals surface area contributed by atoms with Crippen LogP contribution >= 0.6 is 0 Å². The second-order valence-corrected chi connectivity index (χ2v) is 10.7. The van der Waals surface area contributed by atoms with Gasteiger partial charge in [0, 0.05) is 36.5 Å². The molecule has 34 heavy (non-hydrogen) atoms. The molecule has 2 aliphatic heterocycles. The van der Waals surface area contributed by atoms with Gasteiger partial charge in [-0.2, -0.15) is 10.2 Å². The summed E-state index contributed by atoms with van der Waals surface area (Å²) in [6.07, 6.45) is 1.90. The van der Waals surface area contributed by atoms with E-state index in [0.717, 1.165) is 12.8 Å². The third-order valence-corrected chi connectivity index (χ3v) is 9.24. The Morgan fingerprint density at radius 3 is 1.03 bits per heavy atom. The van der Waals surface area contributed by atoms with Crippen LogP contribution in [0.3, 0.4) is 0 Å². The quantitative estimate of drug-likeness (QED) is 0.322. The highest BCUT2D eigenvalue weighted by Crippen LogP contribution is 2.78. The van der Waals surface area contributed by atoms with Gasteiger partial charge in [-0.05, 0) is 33.4 Å². The van der Waals surface area contributed by atoms with Gasteiger partial charge in [0.1, 0.15) is 11.1 Å². The Morgan fingerprint density at radius 1 is 0.412 bits per heavy atom. The molecule has 0 amide bonds. The van der Waals surface area contributed by atoms with E-state index < -0.39 is 0 Å². The van der Waals surface area contributed by atoms with E-state index in [-0.39, 0.29) is 11.1 Å². The normalized spacial score (nSPS) is 33.1. The van der Waals surface area contributed by atoms with Crippen molar-refractivity contribution < 1.29 is 0 Å². The Kier molecular flexibility index (Phi) is 3.63. The molecule has 1 saturated carbocycles. The minimum absolute atomic E-state index is 0.210. The van der Waals surface area contributed by atoms with E-state index in [0.29, 0.717) is 23.7 Å². The zero-order valence-electron chi connectivity index (χ0n) is 19.0. The number of hydrogen-bond donors (Lipinski definition) is 0. The van der Waals surface area contributed by atoms with Crippen molar-refractivity contribution >= 4 is 0 Å². The highest BCUT2D eigenvalue weighted by atomic mass is 15.3. The molecule has 2 bridgehead atoms. The van der Waals surface area contributed by atoms with Crippen LogP contribution in [0.25, 0.3) is 0 Å². The van der Waals surface area contributed by atoms with Gasteiger partial charge >= 0.3 is 0 Å². The summed E-state index contributed by atoms with van der Waals surface area (Å²) >= 11 is 0. The second-order valence-electron chi connectivity index (χ2n) is 10.7. The van der Waals surface area contributed by atoms with E-state index in [9.17, 15) is 0 Å². The molecule has 0 spiro atoms. The van der Waals surface area contributed by atoms with Gasteiger partial charge in [0.05, 0.1) is 0 Å². The lowest BCUT2D eigenvalue weighted by Gasteiger charge is -2.71. The Labute approximate surface area is 200 Å². The van der Waals surface area contributed by atoms with Gasteiger partial charge in [-0.25, -0.2) is 0 Å². The first kappa shape index (κ1) is 18.9. The van der Waals surface area contributed by atoms with Crippen molar-refractivity contribution in [3.05, 3.63) is 143 Å². The molecule has 164 valence electrons. The minimum Gasteiger partial charge on any atom is -0.185 e. The molecule has 0 N–H and O–H groups in total. The zero-order valence-corrected chi connectivity index (χ0v) is 19.0. The first-order chi connectivity index (χ1) is 16.8. The molecule has 2 unspecified atom stereocenters. The van der Waals surface area contributed by atoms with Crippen LogP contribution in [-0.4, -0.2) is 11.1 Å². The molecule has 0 radical (unpaired) electrons. The maximum atomic E-state index is 5.38. The summed E-state index contributed by atoms with van der Waals surface area (Å²) in [5.74, 6) is 1.67. The van der Waals surface area contributed by atoms with Gasteiger partial charge in [0.25, 0.3) is 0 Å². The third kappa shape index (κ3) is 2.17. The topological polar surface area (TPSA) is 24.7 Å². The average Bonchev–Trinajstić information content (AvgIpc) is 2.85. The lowest BCUT2D eigenvalue weighted by Crippen LogP contribution is -2.70. The van der Waals surface area contributed by atoms with Crippen molar-refractivity contribution in [3.8, 4) is 0 Å². The molecule has 4 aromatic carbocycles. The smallest absolute Gasteiger partial charge is 0.101 e. The van der Waals surface area contributed by atoms with Crippen molar-refractivity contribution in [1.29, 1.82) is 0 Å². The van der Waals surface area contributed by atoms with Gasteiger partial charge in [0.15, 0.2) is 0 Å². The summed E-state index contributed by atoms with van der Waals surface area (Å²) in [6.45, 7) is 0. The third-order valence-electron chi connectivity index (χ3n) is 9.24. The van der Waals surface area contributed by atoms with Crippen LogP contribution in [-0.2, 0) is 12.8 Å². The molecule has 6 atom stereocenters. The maximum Gasteiger partial charge on any atom is 0.101 e. The lowest BCUT2D eigenvalue weighted by molar-refractivity contribution is -0.00126. The summed E-state index contributed by atoms with van der Waals surface area (Å²) in [5.41, 5.74) is 8.32. The summed E-state index contributed by atoms with van der Waals surface area (Å²) in [4.78, 5) is 0. The number of azo groups is 1. The standard InChI is InChI=1S/C32H26N2/c1-3-11-21(12-4-1)19-31-27-23-15-7-9-17-25(23)29(27)32(34-33-31,20-22-13-5-2-6-14-22)30-26-18-10-8-16-24(26)28(30)31/h1-18,27-30H,19-20H2/t27-,28-,29-,30+,31?,32?/m0/s1. The SMILES string of the molecule is c1ccc(CC23N=NC(Cc4ccccc4)([C@H]4c5ccccc5[C@H]42)[C@H]2c4ccccc4[C@@H]23)cc1. The molecule has 0 aromatic heterocycles. The minimum atomic E-state index is -0.210. The maximum absolute atomic E-state index is 5.38. The van der Waals surface area contributed by atoms with Crippen molar-refractivity contribution in [2.75, 3.05) is 0 Å². The zero-order chi connectivity index (χ0) is 22.3.